The molecule has 0 fully saturated rings. The van der Waals surface area contributed by atoms with Crippen molar-refractivity contribution >= 4 is 23.3 Å². The first-order valence-electron chi connectivity index (χ1n) is 6.30. The summed E-state index contributed by atoms with van der Waals surface area (Å²) in [6.45, 7) is 1.83. The van der Waals surface area contributed by atoms with Crippen molar-refractivity contribution in [1.29, 1.82) is 0 Å². The van der Waals surface area contributed by atoms with Gasteiger partial charge in [0.25, 0.3) is 5.91 Å². The summed E-state index contributed by atoms with van der Waals surface area (Å²) in [6.07, 6.45) is 1.28. The van der Waals surface area contributed by atoms with Crippen molar-refractivity contribution in [2.24, 2.45) is 0 Å². The van der Waals surface area contributed by atoms with Crippen LogP contribution in [0.3, 0.4) is 0 Å². The van der Waals surface area contributed by atoms with Crippen LogP contribution in [0.15, 0.2) is 36.5 Å². The lowest BCUT2D eigenvalue weighted by Crippen LogP contribution is -2.13. The van der Waals surface area contributed by atoms with E-state index >= 15 is 0 Å². The van der Waals surface area contributed by atoms with Crippen molar-refractivity contribution in [3.05, 3.63) is 53.3 Å². The number of rotatable bonds is 4. The molecule has 0 aliphatic carbocycles. The van der Waals surface area contributed by atoms with E-state index in [0.717, 1.165) is 5.56 Å². The molecule has 6 nitrogen and oxygen atoms in total. The Kier molecular flexibility index (Phi) is 4.18. The van der Waals surface area contributed by atoms with Crippen molar-refractivity contribution in [2.45, 2.75) is 13.3 Å². The third kappa shape index (κ3) is 3.79. The summed E-state index contributed by atoms with van der Waals surface area (Å²) >= 11 is 0. The summed E-state index contributed by atoms with van der Waals surface area (Å²) in [7, 11) is 0. The lowest BCUT2D eigenvalue weighted by molar-refractivity contribution is -0.136. The number of pyridine rings is 1. The third-order valence-electron chi connectivity index (χ3n) is 2.95. The number of carboxylic acid groups (broad SMARTS) is 1. The zero-order valence-corrected chi connectivity index (χ0v) is 11.5. The standard InChI is InChI=1S/C15H15N3O3/c1-9-6-10(2-5-13(9)16)15(21)18-12-4-3-11(17-8-12)7-14(19)20/h2-6,8H,7,16H2,1H3,(H,18,21)(H,19,20). The number of amides is 1. The van der Waals surface area contributed by atoms with E-state index in [-0.39, 0.29) is 12.3 Å². The lowest BCUT2D eigenvalue weighted by atomic mass is 10.1. The molecule has 1 amide bonds. The van der Waals surface area contributed by atoms with Gasteiger partial charge in [-0.25, -0.2) is 0 Å². The minimum atomic E-state index is -0.948. The highest BCUT2D eigenvalue weighted by Gasteiger charge is 2.08. The van der Waals surface area contributed by atoms with Crippen LogP contribution in [0.2, 0.25) is 0 Å². The van der Waals surface area contributed by atoms with Crippen LogP contribution in [0.1, 0.15) is 21.6 Å². The number of nitrogens with zero attached hydrogens (tertiary/aromatic N) is 1. The Morgan fingerprint density at radius 1 is 1.29 bits per heavy atom. The van der Waals surface area contributed by atoms with Gasteiger partial charge in [0, 0.05) is 11.3 Å². The number of aliphatic carboxylic acids is 1. The number of hydrogen-bond acceptors (Lipinski definition) is 4. The third-order valence-corrected chi connectivity index (χ3v) is 2.95. The van der Waals surface area contributed by atoms with Crippen LogP contribution in [0, 0.1) is 6.92 Å². The first-order chi connectivity index (χ1) is 9.95. The number of carbonyl (C=O) groups is 2. The molecule has 0 atom stereocenters. The van der Waals surface area contributed by atoms with Crippen LogP contribution in [-0.4, -0.2) is 22.0 Å². The van der Waals surface area contributed by atoms with E-state index in [0.29, 0.717) is 22.6 Å². The molecule has 0 aliphatic heterocycles. The molecule has 2 aromatic rings. The van der Waals surface area contributed by atoms with E-state index in [2.05, 4.69) is 10.3 Å². The summed E-state index contributed by atoms with van der Waals surface area (Å²) in [5.41, 5.74) is 8.60. The molecular formula is C15H15N3O3. The normalized spacial score (nSPS) is 10.1. The summed E-state index contributed by atoms with van der Waals surface area (Å²) in [4.78, 5) is 26.6. The first-order valence-corrected chi connectivity index (χ1v) is 6.30. The Morgan fingerprint density at radius 2 is 2.05 bits per heavy atom. The number of aryl methyl sites for hydroxylation is 1. The highest BCUT2D eigenvalue weighted by Crippen LogP contribution is 2.14. The minimum Gasteiger partial charge on any atom is -0.481 e. The molecule has 0 saturated heterocycles. The van der Waals surface area contributed by atoms with E-state index in [1.165, 1.54) is 6.20 Å². The molecule has 0 radical (unpaired) electrons. The van der Waals surface area contributed by atoms with Crippen molar-refractivity contribution in [3.63, 3.8) is 0 Å². The van der Waals surface area contributed by atoms with Gasteiger partial charge in [-0.2, -0.15) is 0 Å². The van der Waals surface area contributed by atoms with Gasteiger partial charge in [-0.05, 0) is 42.8 Å². The number of hydrogen-bond donors (Lipinski definition) is 3. The Balaban J connectivity index is 2.08. The first kappa shape index (κ1) is 14.5. The number of nitrogen functional groups attached to an aromatic ring is 1. The van der Waals surface area contributed by atoms with Crippen molar-refractivity contribution in [3.8, 4) is 0 Å². The number of nitrogens with two attached hydrogens (primary N) is 1. The predicted octanol–water partition coefficient (Wildman–Crippen LogP) is 1.85. The van der Waals surface area contributed by atoms with Gasteiger partial charge < -0.3 is 16.2 Å². The molecule has 0 spiro atoms. The largest absolute Gasteiger partial charge is 0.481 e. The number of carbonyl (C=O) groups excluding carboxylic acids is 1. The summed E-state index contributed by atoms with van der Waals surface area (Å²) in [5.74, 6) is -1.22. The number of benzene rings is 1. The van der Waals surface area contributed by atoms with Gasteiger partial charge in [-0.15, -0.1) is 0 Å². The van der Waals surface area contributed by atoms with Gasteiger partial charge in [-0.1, -0.05) is 0 Å². The molecule has 2 rings (SSSR count). The minimum absolute atomic E-state index is 0.147. The van der Waals surface area contributed by atoms with Crippen LogP contribution in [0.4, 0.5) is 11.4 Å². The molecule has 4 N–H and O–H groups in total. The fraction of sp³-hybridized carbons (Fsp3) is 0.133. The number of nitrogens with one attached hydrogen (secondary N) is 1. The fourth-order valence-electron chi connectivity index (χ4n) is 1.78. The van der Waals surface area contributed by atoms with Gasteiger partial charge in [0.2, 0.25) is 0 Å². The fourth-order valence-corrected chi connectivity index (χ4v) is 1.78. The quantitative estimate of drug-likeness (QED) is 0.743. The maximum absolute atomic E-state index is 12.1. The van der Waals surface area contributed by atoms with Crippen molar-refractivity contribution in [2.75, 3.05) is 11.1 Å². The van der Waals surface area contributed by atoms with Gasteiger partial charge in [0.15, 0.2) is 0 Å². The van der Waals surface area contributed by atoms with Crippen LogP contribution in [0.5, 0.6) is 0 Å². The monoisotopic (exact) mass is 285 g/mol. The molecule has 6 heteroatoms. The van der Waals surface area contributed by atoms with Gasteiger partial charge in [0.05, 0.1) is 24.0 Å². The van der Waals surface area contributed by atoms with Crippen LogP contribution < -0.4 is 11.1 Å². The van der Waals surface area contributed by atoms with E-state index < -0.39 is 5.97 Å². The number of aromatic nitrogens is 1. The summed E-state index contributed by atoms with van der Waals surface area (Å²) in [5, 5.41) is 11.4. The zero-order valence-electron chi connectivity index (χ0n) is 11.5. The Bertz CT molecular complexity index is 681. The van der Waals surface area contributed by atoms with Crippen molar-refractivity contribution < 1.29 is 14.7 Å². The molecule has 1 aromatic heterocycles. The van der Waals surface area contributed by atoms with Gasteiger partial charge in [0.1, 0.15) is 0 Å². The Morgan fingerprint density at radius 3 is 2.62 bits per heavy atom. The topological polar surface area (TPSA) is 105 Å². The Hall–Kier alpha value is -2.89. The predicted molar refractivity (Wildman–Crippen MR) is 79.1 cm³/mol. The highest BCUT2D eigenvalue weighted by atomic mass is 16.4. The van der Waals surface area contributed by atoms with Gasteiger partial charge in [-0.3, -0.25) is 14.6 Å². The average Bonchev–Trinajstić information content (AvgIpc) is 2.43. The number of carboxylic acids is 1. The molecule has 21 heavy (non-hydrogen) atoms. The lowest BCUT2D eigenvalue weighted by Gasteiger charge is -2.07. The second kappa shape index (κ2) is 6.04. The summed E-state index contributed by atoms with van der Waals surface area (Å²) in [6, 6.07) is 8.21. The maximum Gasteiger partial charge on any atom is 0.309 e. The van der Waals surface area contributed by atoms with Crippen molar-refractivity contribution in [1.82, 2.24) is 4.98 Å². The molecular weight excluding hydrogens is 270 g/mol. The molecule has 0 aliphatic rings. The second-order valence-corrected chi connectivity index (χ2v) is 4.63. The Labute approximate surface area is 121 Å². The van der Waals surface area contributed by atoms with E-state index in [9.17, 15) is 9.59 Å². The summed E-state index contributed by atoms with van der Waals surface area (Å²) < 4.78 is 0. The molecule has 1 heterocycles. The van der Waals surface area contributed by atoms with Crippen LogP contribution >= 0.6 is 0 Å². The SMILES string of the molecule is Cc1cc(C(=O)Nc2ccc(CC(=O)O)nc2)ccc1N. The van der Waals surface area contributed by atoms with E-state index in [4.69, 9.17) is 10.8 Å². The maximum atomic E-state index is 12.1. The molecule has 108 valence electrons. The molecule has 0 bridgehead atoms. The molecule has 1 aromatic carbocycles. The average molecular weight is 285 g/mol. The number of anilines is 2. The van der Waals surface area contributed by atoms with Gasteiger partial charge >= 0.3 is 5.97 Å². The molecule has 0 unspecified atom stereocenters. The smallest absolute Gasteiger partial charge is 0.309 e. The van der Waals surface area contributed by atoms with E-state index in [1.807, 2.05) is 6.92 Å². The van der Waals surface area contributed by atoms with Crippen LogP contribution in [-0.2, 0) is 11.2 Å². The molecule has 0 saturated carbocycles. The second-order valence-electron chi connectivity index (χ2n) is 4.63. The van der Waals surface area contributed by atoms with Crippen LogP contribution in [0.25, 0.3) is 0 Å². The highest BCUT2D eigenvalue weighted by molar-refractivity contribution is 6.04. The van der Waals surface area contributed by atoms with E-state index in [1.54, 1.807) is 30.3 Å². The zero-order chi connectivity index (χ0) is 15.4.